The van der Waals surface area contributed by atoms with E-state index >= 15 is 4.79 Å². The number of nitrogens with zero attached hydrogens (tertiary/aromatic N) is 5. The molecule has 564 valence electrons. The summed E-state index contributed by atoms with van der Waals surface area (Å²) in [5.41, 5.74) is 28.4. The number of carbonyl (C=O) groups is 8. The summed E-state index contributed by atoms with van der Waals surface area (Å²) in [6.07, 6.45) is -20.3. The number of aromatic nitrogens is 6. The number of imidazole rings is 1. The Bertz CT molecular complexity index is 3530. The van der Waals surface area contributed by atoms with Crippen molar-refractivity contribution in [1.29, 1.82) is 0 Å². The van der Waals surface area contributed by atoms with Gasteiger partial charge in [0.25, 0.3) is 11.8 Å². The monoisotopic (exact) mass is 1510 g/mol. The third-order valence-electron chi connectivity index (χ3n) is 16.0. The van der Waals surface area contributed by atoms with Crippen LogP contribution < -0.4 is 49.9 Å². The lowest BCUT2D eigenvalue weighted by Crippen LogP contribution is -2.65. The molecule has 10 unspecified atom stereocenters. The summed E-state index contributed by atoms with van der Waals surface area (Å²) >= 11 is 2.55. The second-order valence-corrected chi connectivity index (χ2v) is 28.9. The number of Topliss-reactive ketones (excluding diaryl/α,β-unsaturated/α-hetero) is 1. The van der Waals surface area contributed by atoms with Crippen LogP contribution in [-0.4, -0.2) is 272 Å². The van der Waals surface area contributed by atoms with Crippen molar-refractivity contribution in [3.63, 3.8) is 0 Å². The normalized spacial score (nSPS) is 23.4. The molecule has 2 saturated heterocycles. The van der Waals surface area contributed by atoms with Crippen LogP contribution in [0.25, 0.3) is 10.7 Å². The number of rotatable bonds is 36. The number of nitrogens with one attached hydrogen (secondary N) is 5. The highest BCUT2D eigenvalue weighted by Gasteiger charge is 2.54. The Morgan fingerprint density at radius 3 is 2.06 bits per heavy atom. The Balaban J connectivity index is 0.00000354. The molecule has 0 aliphatic carbocycles. The molecule has 6 rings (SSSR count). The van der Waals surface area contributed by atoms with Gasteiger partial charge in [-0.3, -0.25) is 38.1 Å². The van der Waals surface area contributed by atoms with Crippen molar-refractivity contribution in [2.24, 2.45) is 34.8 Å². The molecule has 2 aliphatic rings. The first-order valence-corrected chi connectivity index (χ1v) is 36.3. The highest BCUT2D eigenvalue weighted by atomic mass is 32.3. The number of aromatic amines is 1. The van der Waals surface area contributed by atoms with E-state index in [4.69, 9.17) is 69.9 Å². The van der Waals surface area contributed by atoms with E-state index in [-0.39, 0.29) is 71.2 Å². The SMILES string of the molecule is Cc1c(N)nc([C@@H](CC[C@H](N)C(N)=O)CC(N)=O)nc1C(=O)N[C@H](C(=O)N[C@H](C)[C@@H](O)[C@H](C)C(=O)C[C@H](C(=O)NCCc1nc(-c2nc(C(=O)NCCC[S+](C)C)cs2)cs1)[C@@H](C)O)[C@@H](OC1OC(CO)C(O)C(O)C1OC1OC(CO)C(O)C(OC(N)=O)C1O)c1cnc[nH]1.O=S(=O)([O-])O. The zero-order chi connectivity index (χ0) is 75.5. The van der Waals surface area contributed by atoms with Crippen LogP contribution in [0.2, 0.25) is 0 Å². The molecule has 0 saturated carbocycles. The van der Waals surface area contributed by atoms with E-state index in [2.05, 4.69) is 63.7 Å². The Morgan fingerprint density at radius 1 is 0.812 bits per heavy atom. The maximum atomic E-state index is 15.2. The van der Waals surface area contributed by atoms with Gasteiger partial charge < -0.3 is 124 Å². The number of nitrogens with two attached hydrogens (primary N) is 5. The lowest BCUT2D eigenvalue weighted by molar-refractivity contribution is -0.372. The van der Waals surface area contributed by atoms with Gasteiger partial charge in [0.1, 0.15) is 100 Å². The zero-order valence-electron chi connectivity index (χ0n) is 55.4. The quantitative estimate of drug-likeness (QED) is 0.00871. The van der Waals surface area contributed by atoms with Crippen LogP contribution in [0, 0.1) is 18.8 Å². The molecule has 6 heterocycles. The van der Waals surface area contributed by atoms with Gasteiger partial charge in [-0.25, -0.2) is 38.1 Å². The average Bonchev–Trinajstić information content (AvgIpc) is 1.20. The lowest BCUT2D eigenvalue weighted by Gasteiger charge is -2.47. The summed E-state index contributed by atoms with van der Waals surface area (Å²) in [6, 6.07) is -4.78. The van der Waals surface area contributed by atoms with Crippen LogP contribution in [0.3, 0.4) is 0 Å². The third-order valence-corrected chi connectivity index (χ3v) is 18.9. The van der Waals surface area contributed by atoms with Gasteiger partial charge in [0.05, 0.1) is 79.2 Å². The molecule has 0 spiro atoms. The molecular weight excluding hydrogens is 1420 g/mol. The predicted octanol–water partition coefficient (Wildman–Crippen LogP) is -6.38. The fourth-order valence-electron chi connectivity index (χ4n) is 10.3. The highest BCUT2D eigenvalue weighted by molar-refractivity contribution is 7.95. The van der Waals surface area contributed by atoms with Crippen molar-refractivity contribution >= 4 is 97.1 Å². The standard InChI is InChI=1S/C57H85N15O21S3.H2O4S/c1-22(32(76)15-27(25(4)75)50(84)65-12-10-36-68-31(20-94-36)54-69-30(19-95-54)51(85)64-11-7-13-96(5)6)39(78)24(3)67-53(87)38(71-52(86)37-23(2)47(60)72-49(70-37)26(14-35(59)77)8-9-28(58)48(61)83)44(29-16-63-21-66-29)91-56-46(42(81)40(79)33(17-73)90-56)92-55-43(82)45(93-57(62)88)41(80)34(18-74)89-55;1-5(2,3)4/h16,19-22,24-28,33-34,38-46,55-56,73-75,78-82H,7-15,17-18,58H2,1-6H3,(H12-,59,60,61,62,63,64,65,66,67,70,71,72,77,83,84,85,86,87,88);(H2,1,2,3,4)/t22-,24-,25-,26+,27+,28+,33?,34?,38+,39+,40?,41?,42?,43?,44+,45?,46?,55?,56?;/m1./s1. The van der Waals surface area contributed by atoms with E-state index in [1.807, 2.05) is 0 Å². The number of nitrogen functional groups attached to an aromatic ring is 1. The Hall–Kier alpha value is -7.19. The van der Waals surface area contributed by atoms with Crippen LogP contribution in [0.1, 0.15) is 108 Å². The number of hydrogen-bond acceptors (Lipinski definition) is 33. The Kier molecular flexibility index (Phi) is 32.5. The van der Waals surface area contributed by atoms with Crippen LogP contribution in [0.5, 0.6) is 0 Å². The van der Waals surface area contributed by atoms with E-state index in [9.17, 15) is 74.4 Å². The molecule has 2 fully saturated rings. The molecule has 24 N–H and O–H groups in total. The summed E-state index contributed by atoms with van der Waals surface area (Å²) in [4.78, 5) is 131. The largest absolute Gasteiger partial charge is 0.726 e. The van der Waals surface area contributed by atoms with Gasteiger partial charge in [0.15, 0.2) is 18.7 Å². The number of ether oxygens (including phenoxy) is 5. The summed E-state index contributed by atoms with van der Waals surface area (Å²) in [5, 5.41) is 103. The number of anilines is 1. The van der Waals surface area contributed by atoms with E-state index in [1.165, 1.54) is 50.4 Å². The van der Waals surface area contributed by atoms with Crippen molar-refractivity contribution in [2.45, 2.75) is 170 Å². The number of thiazole rings is 2. The van der Waals surface area contributed by atoms with Gasteiger partial charge in [0, 0.05) is 66.9 Å². The second-order valence-electron chi connectivity index (χ2n) is 23.9. The first kappa shape index (κ1) is 84.5. The summed E-state index contributed by atoms with van der Waals surface area (Å²) in [7, 11) is -4.66. The van der Waals surface area contributed by atoms with Crippen molar-refractivity contribution < 1.29 is 120 Å². The predicted molar refractivity (Wildman–Crippen MR) is 354 cm³/mol. The van der Waals surface area contributed by atoms with E-state index in [0.717, 1.165) is 24.7 Å². The van der Waals surface area contributed by atoms with E-state index in [1.54, 1.807) is 10.8 Å². The Labute approximate surface area is 588 Å². The van der Waals surface area contributed by atoms with Crippen molar-refractivity contribution in [3.05, 3.63) is 56.8 Å². The van der Waals surface area contributed by atoms with Gasteiger partial charge in [-0.15, -0.1) is 22.7 Å². The van der Waals surface area contributed by atoms with Gasteiger partial charge >= 0.3 is 6.09 Å². The van der Waals surface area contributed by atoms with E-state index < -0.39 is 199 Å². The molecule has 0 radical (unpaired) electrons. The molecule has 44 heteroatoms. The number of ketones is 1. The van der Waals surface area contributed by atoms with Crippen molar-refractivity contribution in [2.75, 3.05) is 50.3 Å². The lowest BCUT2D eigenvalue weighted by atomic mass is 9.87. The van der Waals surface area contributed by atoms with Crippen molar-refractivity contribution in [3.8, 4) is 10.7 Å². The molecule has 2 aliphatic heterocycles. The molecule has 7 amide bonds. The third kappa shape index (κ3) is 24.8. The Morgan fingerprint density at radius 2 is 1.47 bits per heavy atom. The van der Waals surface area contributed by atoms with Crippen LogP contribution in [-0.2, 0) is 75.4 Å². The second kappa shape index (κ2) is 38.9. The summed E-state index contributed by atoms with van der Waals surface area (Å²) in [6.45, 7) is 3.79. The summed E-state index contributed by atoms with van der Waals surface area (Å²) in [5.74, 6) is -9.18. The zero-order valence-corrected chi connectivity index (χ0v) is 58.6. The first-order valence-electron chi connectivity index (χ1n) is 31.0. The maximum absolute atomic E-state index is 15.2. The minimum absolute atomic E-state index is 0.0378. The molecule has 0 aromatic carbocycles. The van der Waals surface area contributed by atoms with Gasteiger partial charge in [-0.2, -0.15) is 0 Å². The number of amides is 7. The fraction of sp³-hybridized carbons (Fsp3) is 0.632. The van der Waals surface area contributed by atoms with E-state index in [0.29, 0.717) is 22.3 Å². The number of hydrogen-bond donors (Lipinski definition) is 19. The molecule has 101 heavy (non-hydrogen) atoms. The van der Waals surface area contributed by atoms with Gasteiger partial charge in [0.2, 0.25) is 34.0 Å². The minimum Gasteiger partial charge on any atom is -0.726 e. The molecule has 0 bridgehead atoms. The number of aliphatic hydroxyl groups is 8. The molecule has 4 aromatic rings. The van der Waals surface area contributed by atoms with Crippen LogP contribution in [0.15, 0.2) is 23.3 Å². The van der Waals surface area contributed by atoms with Crippen LogP contribution in [0.4, 0.5) is 10.6 Å². The van der Waals surface area contributed by atoms with Crippen molar-refractivity contribution in [1.82, 2.24) is 51.2 Å². The minimum atomic E-state index is -4.92. The average molecular weight is 1510 g/mol. The maximum Gasteiger partial charge on any atom is 0.404 e. The highest BCUT2D eigenvalue weighted by Crippen LogP contribution is 2.35. The van der Waals surface area contributed by atoms with Crippen LogP contribution >= 0.6 is 22.7 Å². The smallest absolute Gasteiger partial charge is 0.404 e. The molecule has 19 atom stereocenters. The van der Waals surface area contributed by atoms with Gasteiger partial charge in [-0.1, -0.05) is 6.92 Å². The summed E-state index contributed by atoms with van der Waals surface area (Å²) < 4.78 is 61.6. The molecule has 4 aromatic heterocycles. The van der Waals surface area contributed by atoms with Gasteiger partial charge in [-0.05, 0) is 44.5 Å². The molecular formula is C57H87N15O25S4. The molecule has 40 nitrogen and oxygen atoms in total. The topological polar surface area (TPSA) is 680 Å². The number of primary amides is 3. The number of aliphatic hydroxyl groups excluding tert-OH is 8. The fourth-order valence-corrected chi connectivity index (χ4v) is 12.7. The first-order chi connectivity index (χ1) is 47.3. The number of H-pyrrole nitrogens is 1. The number of carbonyl (C=O) groups excluding carboxylic acids is 8.